The average molecular weight is 676 g/mol. The summed E-state index contributed by atoms with van der Waals surface area (Å²) < 4.78 is 17.1. The third kappa shape index (κ3) is 16.0. The van der Waals surface area contributed by atoms with Crippen molar-refractivity contribution in [2.75, 3.05) is 0 Å². The predicted molar refractivity (Wildman–Crippen MR) is 154 cm³/mol. The van der Waals surface area contributed by atoms with Gasteiger partial charge in [-0.3, -0.25) is 0 Å². The molecule has 0 fully saturated rings. The Morgan fingerprint density at radius 3 is 1.30 bits per heavy atom. The Balaban J connectivity index is 5.39. The molecule has 0 amide bonds. The molecule has 0 saturated carbocycles. The number of carbonyl (C=O) groups excluding carboxylic acids is 1. The van der Waals surface area contributed by atoms with Crippen molar-refractivity contribution in [1.82, 2.24) is 0 Å². The second-order valence-corrected chi connectivity index (χ2v) is 34.9. The molecule has 0 aromatic heterocycles. The molecule has 33 heavy (non-hydrogen) atoms. The summed E-state index contributed by atoms with van der Waals surface area (Å²) in [5.41, 5.74) is 0. The summed E-state index contributed by atoms with van der Waals surface area (Å²) in [6.07, 6.45) is 21.3. The Bertz CT molecular complexity index is 484. The van der Waals surface area contributed by atoms with Crippen LogP contribution in [0, 0.1) is 0 Å². The number of allylic oxidation sites excluding steroid dienone is 2. The summed E-state index contributed by atoms with van der Waals surface area (Å²) >= 11 is -5.13. The van der Waals surface area contributed by atoms with Crippen molar-refractivity contribution < 1.29 is 7.87 Å². The van der Waals surface area contributed by atoms with E-state index < -0.39 is 37.2 Å². The van der Waals surface area contributed by atoms with Crippen molar-refractivity contribution in [2.45, 2.75) is 145 Å². The average Bonchev–Trinajstić information content (AvgIpc) is 2.83. The van der Waals surface area contributed by atoms with E-state index in [1.165, 1.54) is 104 Å². The van der Waals surface area contributed by atoms with Gasteiger partial charge in [-0.2, -0.15) is 0 Å². The van der Waals surface area contributed by atoms with Gasteiger partial charge in [0.15, 0.2) is 0 Å². The molecule has 0 aliphatic heterocycles. The van der Waals surface area contributed by atoms with E-state index in [-0.39, 0.29) is 5.97 Å². The number of rotatable bonds is 22. The standard InChI is InChI=1S/C5H5O2.6C4H9.2Sn/c1-2-3-4-5(6)7;6*1-3-4-2;;/h1-4H,(H,6,7);6*1,3-4H2,2H3;;/q;;;;;;;;+1/p-1/b2-1?,4-3-;;;;;;;;. The molecule has 0 rings (SSSR count). The molecule has 0 aliphatic carbocycles. The van der Waals surface area contributed by atoms with Crippen LogP contribution in [0.15, 0.2) is 22.3 Å². The van der Waals surface area contributed by atoms with Crippen LogP contribution in [0.1, 0.15) is 119 Å². The summed E-state index contributed by atoms with van der Waals surface area (Å²) in [4.78, 5) is 12.9. The first-order valence-electron chi connectivity index (χ1n) is 14.6. The van der Waals surface area contributed by atoms with Gasteiger partial charge in [0.2, 0.25) is 0 Å². The molecule has 0 spiro atoms. The summed E-state index contributed by atoms with van der Waals surface area (Å²) in [7, 11) is 0. The maximum atomic E-state index is 12.9. The minimum absolute atomic E-state index is 0.0461. The molecule has 0 atom stereocenters. The van der Waals surface area contributed by atoms with Crippen LogP contribution in [-0.4, -0.2) is 43.1 Å². The van der Waals surface area contributed by atoms with Gasteiger partial charge in [-0.1, -0.05) is 0 Å². The fraction of sp³-hybridized carbons (Fsp3) is 0.828. The van der Waals surface area contributed by atoms with E-state index in [1.54, 1.807) is 6.08 Å². The van der Waals surface area contributed by atoms with Crippen molar-refractivity contribution in [3.05, 3.63) is 22.3 Å². The second-order valence-electron chi connectivity index (χ2n) is 10.3. The Hall–Kier alpha value is 0.547. The second kappa shape index (κ2) is 21.8. The number of unbranched alkanes of at least 4 members (excludes halogenated alkanes) is 6. The summed E-state index contributed by atoms with van der Waals surface area (Å²) in [6, 6.07) is 0. The van der Waals surface area contributed by atoms with Gasteiger partial charge in [0.05, 0.1) is 0 Å². The predicted octanol–water partition coefficient (Wildman–Crippen LogP) is 10.4. The topological polar surface area (TPSA) is 26.3 Å². The molecule has 0 aromatic carbocycles. The van der Waals surface area contributed by atoms with Gasteiger partial charge in [-0.25, -0.2) is 0 Å². The Morgan fingerprint density at radius 1 is 0.576 bits per heavy atom. The van der Waals surface area contributed by atoms with E-state index in [9.17, 15) is 4.79 Å². The van der Waals surface area contributed by atoms with Crippen LogP contribution in [0.2, 0.25) is 26.6 Å². The number of hydrogen-bond donors (Lipinski definition) is 0. The summed E-state index contributed by atoms with van der Waals surface area (Å²) in [5.74, 6) is -0.0461. The van der Waals surface area contributed by atoms with Gasteiger partial charge in [-0.15, -0.1) is 0 Å². The molecule has 0 radical (unpaired) electrons. The van der Waals surface area contributed by atoms with Crippen molar-refractivity contribution >= 4 is 43.1 Å². The molecular weight excluding hydrogens is 618 g/mol. The van der Waals surface area contributed by atoms with E-state index in [2.05, 4.69) is 51.7 Å². The molecule has 2 nitrogen and oxygen atoms in total. The molecule has 4 heteroatoms. The van der Waals surface area contributed by atoms with Crippen molar-refractivity contribution in [1.29, 1.82) is 0 Å². The van der Waals surface area contributed by atoms with E-state index >= 15 is 0 Å². The fourth-order valence-corrected chi connectivity index (χ4v) is 32.0. The van der Waals surface area contributed by atoms with E-state index in [0.717, 1.165) is 0 Å². The molecular formula is C29H58O2Sn2. The third-order valence-electron chi connectivity index (χ3n) is 7.15. The molecule has 194 valence electrons. The Morgan fingerprint density at radius 2 is 0.939 bits per heavy atom. The van der Waals surface area contributed by atoms with Gasteiger partial charge >= 0.3 is 219 Å². The quantitative estimate of drug-likeness (QED) is 0.0649. The summed E-state index contributed by atoms with van der Waals surface area (Å²) in [5, 5.41) is 0. The molecule has 0 bridgehead atoms. The number of hydrogen-bond acceptors (Lipinski definition) is 2. The Kier molecular flexibility index (Phi) is 22.2. The van der Waals surface area contributed by atoms with E-state index in [4.69, 9.17) is 3.07 Å². The minimum atomic E-state index is -2.86. The maximum absolute atomic E-state index is 12.9. The summed E-state index contributed by atoms with van der Waals surface area (Å²) in [6.45, 7) is 13.8. The van der Waals surface area contributed by atoms with Gasteiger partial charge in [0.1, 0.15) is 0 Å². The van der Waals surface area contributed by atoms with Crippen LogP contribution in [-0.2, 0) is 7.87 Å². The SMILES string of the molecule is CCC[CH2][Sn](/[CH]=C/C=C\C(=O)[O][Sn]([CH2]CCC)([CH2]CCC)[CH2]CCC)([CH2]CCC)[CH2]CCC. The third-order valence-corrected chi connectivity index (χ3v) is 33.9. The van der Waals surface area contributed by atoms with Crippen LogP contribution < -0.4 is 0 Å². The van der Waals surface area contributed by atoms with Gasteiger partial charge in [0, 0.05) is 0 Å². The van der Waals surface area contributed by atoms with Crippen LogP contribution in [0.5, 0.6) is 0 Å². The Labute approximate surface area is 217 Å². The monoisotopic (exact) mass is 678 g/mol. The first-order valence-corrected chi connectivity index (χ1v) is 29.5. The first-order chi connectivity index (χ1) is 16.0. The van der Waals surface area contributed by atoms with Crippen LogP contribution in [0.25, 0.3) is 0 Å². The molecule has 0 heterocycles. The van der Waals surface area contributed by atoms with Crippen LogP contribution in [0.3, 0.4) is 0 Å². The fourth-order valence-electron chi connectivity index (χ4n) is 4.88. The zero-order chi connectivity index (χ0) is 24.8. The zero-order valence-electron chi connectivity index (χ0n) is 23.4. The van der Waals surface area contributed by atoms with Crippen LogP contribution >= 0.6 is 0 Å². The molecule has 0 aromatic rings. The van der Waals surface area contributed by atoms with Gasteiger partial charge in [0.25, 0.3) is 0 Å². The van der Waals surface area contributed by atoms with Gasteiger partial charge < -0.3 is 0 Å². The number of carbonyl (C=O) groups is 1. The molecule has 0 saturated heterocycles. The van der Waals surface area contributed by atoms with Crippen LogP contribution in [0.4, 0.5) is 0 Å². The zero-order valence-corrected chi connectivity index (χ0v) is 29.1. The van der Waals surface area contributed by atoms with Gasteiger partial charge in [-0.05, 0) is 0 Å². The van der Waals surface area contributed by atoms with E-state index in [1.807, 2.05) is 6.08 Å². The van der Waals surface area contributed by atoms with Crippen molar-refractivity contribution in [3.63, 3.8) is 0 Å². The molecule has 0 N–H and O–H groups in total. The first kappa shape index (κ1) is 33.5. The van der Waals surface area contributed by atoms with Crippen molar-refractivity contribution in [2.24, 2.45) is 0 Å². The normalized spacial score (nSPS) is 12.8. The van der Waals surface area contributed by atoms with E-state index in [0.29, 0.717) is 0 Å². The molecule has 0 unspecified atom stereocenters. The molecule has 0 aliphatic rings. The van der Waals surface area contributed by atoms with Crippen molar-refractivity contribution in [3.8, 4) is 0 Å².